The number of carbonyl (C=O) groups is 1. The molecule has 2 aromatic carbocycles. The van der Waals surface area contributed by atoms with Gasteiger partial charge >= 0.3 is 0 Å². The summed E-state index contributed by atoms with van der Waals surface area (Å²) in [6.45, 7) is 2.08. The van der Waals surface area contributed by atoms with Crippen molar-refractivity contribution in [2.45, 2.75) is 25.9 Å². The van der Waals surface area contributed by atoms with Crippen LogP contribution in [0.2, 0.25) is 0 Å². The van der Waals surface area contributed by atoms with Gasteiger partial charge in [0, 0.05) is 12.6 Å². The van der Waals surface area contributed by atoms with Gasteiger partial charge in [0.15, 0.2) is 16.4 Å². The van der Waals surface area contributed by atoms with E-state index in [0.717, 1.165) is 11.1 Å². The first kappa shape index (κ1) is 19.4. The maximum atomic E-state index is 13.0. The van der Waals surface area contributed by atoms with Crippen molar-refractivity contribution in [1.82, 2.24) is 4.90 Å². The average molecular weight is 391 g/mol. The number of carbonyl (C=O) groups excluding carboxylic acids is 1. The number of halogens is 1. The molecule has 0 radical (unpaired) electrons. The van der Waals surface area contributed by atoms with Crippen LogP contribution < -0.4 is 4.74 Å². The Balaban J connectivity index is 1.72. The quantitative estimate of drug-likeness (QED) is 0.760. The third kappa shape index (κ3) is 5.29. The van der Waals surface area contributed by atoms with Crippen LogP contribution in [0.3, 0.4) is 0 Å². The van der Waals surface area contributed by atoms with Gasteiger partial charge in [0.25, 0.3) is 5.91 Å². The van der Waals surface area contributed by atoms with Crippen LogP contribution in [0.25, 0.3) is 0 Å². The van der Waals surface area contributed by atoms with Gasteiger partial charge < -0.3 is 9.64 Å². The molecule has 27 heavy (non-hydrogen) atoms. The predicted molar refractivity (Wildman–Crippen MR) is 101 cm³/mol. The van der Waals surface area contributed by atoms with Crippen LogP contribution in [0, 0.1) is 12.7 Å². The molecule has 1 aliphatic rings. The third-order valence-electron chi connectivity index (χ3n) is 4.62. The fourth-order valence-electron chi connectivity index (χ4n) is 3.09. The molecule has 144 valence electrons. The molecular weight excluding hydrogens is 369 g/mol. The standard InChI is InChI=1S/C20H22FNO4S/c1-15-2-4-16(5-3-15)12-22(18-10-11-27(24,25)14-18)20(23)13-26-19-8-6-17(21)7-9-19/h2-9,18H,10-14H2,1H3. The van der Waals surface area contributed by atoms with E-state index in [-0.39, 0.29) is 35.9 Å². The first-order valence-corrected chi connectivity index (χ1v) is 10.6. The van der Waals surface area contributed by atoms with E-state index in [2.05, 4.69) is 0 Å². The minimum absolute atomic E-state index is 0.0266. The second kappa shape index (κ2) is 8.08. The molecule has 0 bridgehead atoms. The van der Waals surface area contributed by atoms with Gasteiger partial charge in [-0.05, 0) is 43.2 Å². The van der Waals surface area contributed by atoms with Crippen molar-refractivity contribution in [2.24, 2.45) is 0 Å². The highest BCUT2D eigenvalue weighted by Crippen LogP contribution is 2.21. The molecule has 3 rings (SSSR count). The molecule has 0 saturated carbocycles. The molecule has 1 fully saturated rings. The summed E-state index contributed by atoms with van der Waals surface area (Å²) in [6, 6.07) is 12.8. The molecule has 1 aliphatic heterocycles. The summed E-state index contributed by atoms with van der Waals surface area (Å²) in [7, 11) is -3.12. The topological polar surface area (TPSA) is 63.7 Å². The predicted octanol–water partition coefficient (Wildman–Crippen LogP) is 2.73. The van der Waals surface area contributed by atoms with Gasteiger partial charge in [0.1, 0.15) is 11.6 Å². The number of benzene rings is 2. The van der Waals surface area contributed by atoms with Crippen LogP contribution in [-0.2, 0) is 21.2 Å². The Morgan fingerprint density at radius 3 is 2.41 bits per heavy atom. The monoisotopic (exact) mass is 391 g/mol. The largest absolute Gasteiger partial charge is 0.484 e. The zero-order chi connectivity index (χ0) is 19.4. The number of ether oxygens (including phenoxy) is 1. The molecule has 0 N–H and O–H groups in total. The number of hydrogen-bond acceptors (Lipinski definition) is 4. The van der Waals surface area contributed by atoms with Gasteiger partial charge in [-0.1, -0.05) is 29.8 Å². The van der Waals surface area contributed by atoms with Gasteiger partial charge in [-0.25, -0.2) is 12.8 Å². The van der Waals surface area contributed by atoms with E-state index in [1.54, 1.807) is 4.90 Å². The summed E-state index contributed by atoms with van der Waals surface area (Å²) in [5.41, 5.74) is 2.04. The van der Waals surface area contributed by atoms with Gasteiger partial charge in [0.2, 0.25) is 0 Å². The Morgan fingerprint density at radius 2 is 1.81 bits per heavy atom. The van der Waals surface area contributed by atoms with Crippen LogP contribution in [0.15, 0.2) is 48.5 Å². The lowest BCUT2D eigenvalue weighted by molar-refractivity contribution is -0.136. The van der Waals surface area contributed by atoms with Crippen molar-refractivity contribution < 1.29 is 22.3 Å². The van der Waals surface area contributed by atoms with E-state index in [1.165, 1.54) is 24.3 Å². The van der Waals surface area contributed by atoms with Crippen LogP contribution in [0.5, 0.6) is 5.75 Å². The molecule has 0 aliphatic carbocycles. The van der Waals surface area contributed by atoms with Crippen molar-refractivity contribution in [3.8, 4) is 5.75 Å². The fraction of sp³-hybridized carbons (Fsp3) is 0.350. The van der Waals surface area contributed by atoms with E-state index in [4.69, 9.17) is 4.74 Å². The van der Waals surface area contributed by atoms with E-state index < -0.39 is 9.84 Å². The zero-order valence-electron chi connectivity index (χ0n) is 15.1. The lowest BCUT2D eigenvalue weighted by Crippen LogP contribution is -2.43. The first-order valence-electron chi connectivity index (χ1n) is 8.76. The summed E-state index contributed by atoms with van der Waals surface area (Å²) in [6.07, 6.45) is 0.427. The summed E-state index contributed by atoms with van der Waals surface area (Å²) >= 11 is 0. The number of nitrogens with zero attached hydrogens (tertiary/aromatic N) is 1. The van der Waals surface area contributed by atoms with Crippen LogP contribution in [0.1, 0.15) is 17.5 Å². The maximum Gasteiger partial charge on any atom is 0.261 e. The fourth-order valence-corrected chi connectivity index (χ4v) is 4.82. The van der Waals surface area contributed by atoms with Gasteiger partial charge in [-0.15, -0.1) is 0 Å². The van der Waals surface area contributed by atoms with Gasteiger partial charge in [-0.3, -0.25) is 4.79 Å². The van der Waals surface area contributed by atoms with Gasteiger partial charge in [0.05, 0.1) is 11.5 Å². The normalized spacial score (nSPS) is 18.2. The summed E-state index contributed by atoms with van der Waals surface area (Å²) < 4.78 is 42.2. The number of amides is 1. The molecule has 5 nitrogen and oxygen atoms in total. The molecule has 1 heterocycles. The SMILES string of the molecule is Cc1ccc(CN(C(=O)COc2ccc(F)cc2)C2CCS(=O)(=O)C2)cc1. The van der Waals surface area contributed by atoms with E-state index in [0.29, 0.717) is 18.7 Å². The molecule has 1 amide bonds. The minimum atomic E-state index is -3.12. The highest BCUT2D eigenvalue weighted by Gasteiger charge is 2.34. The average Bonchev–Trinajstić information content (AvgIpc) is 3.00. The smallest absolute Gasteiger partial charge is 0.261 e. The van der Waals surface area contributed by atoms with Crippen molar-refractivity contribution in [1.29, 1.82) is 0 Å². The number of hydrogen-bond donors (Lipinski definition) is 0. The highest BCUT2D eigenvalue weighted by atomic mass is 32.2. The Hall–Kier alpha value is -2.41. The van der Waals surface area contributed by atoms with Crippen LogP contribution in [0.4, 0.5) is 4.39 Å². The van der Waals surface area contributed by atoms with E-state index in [1.807, 2.05) is 31.2 Å². The van der Waals surface area contributed by atoms with Crippen LogP contribution in [-0.4, -0.2) is 43.4 Å². The second-order valence-corrected chi connectivity index (χ2v) is 9.04. The van der Waals surface area contributed by atoms with Crippen molar-refractivity contribution >= 4 is 15.7 Å². The molecule has 0 aromatic heterocycles. The molecule has 2 aromatic rings. The molecule has 0 spiro atoms. The maximum absolute atomic E-state index is 13.0. The molecule has 1 unspecified atom stereocenters. The molecule has 1 atom stereocenters. The summed E-state index contributed by atoms with van der Waals surface area (Å²) in [5, 5.41) is 0. The van der Waals surface area contributed by atoms with Crippen molar-refractivity contribution in [2.75, 3.05) is 18.1 Å². The van der Waals surface area contributed by atoms with Crippen molar-refractivity contribution in [3.05, 3.63) is 65.5 Å². The first-order chi connectivity index (χ1) is 12.8. The molecular formula is C20H22FNO4S. The van der Waals surface area contributed by atoms with Crippen LogP contribution >= 0.6 is 0 Å². The lowest BCUT2D eigenvalue weighted by atomic mass is 10.1. The zero-order valence-corrected chi connectivity index (χ0v) is 15.9. The van der Waals surface area contributed by atoms with E-state index in [9.17, 15) is 17.6 Å². The Labute approximate surface area is 158 Å². The summed E-state index contributed by atoms with van der Waals surface area (Å²) in [4.78, 5) is 14.4. The van der Waals surface area contributed by atoms with Crippen molar-refractivity contribution in [3.63, 3.8) is 0 Å². The van der Waals surface area contributed by atoms with E-state index >= 15 is 0 Å². The Bertz CT molecular complexity index is 895. The number of aryl methyl sites for hydroxylation is 1. The third-order valence-corrected chi connectivity index (χ3v) is 6.37. The number of sulfone groups is 1. The van der Waals surface area contributed by atoms with Gasteiger partial charge in [-0.2, -0.15) is 0 Å². The second-order valence-electron chi connectivity index (χ2n) is 6.81. The Kier molecular flexibility index (Phi) is 5.79. The molecule has 7 heteroatoms. The lowest BCUT2D eigenvalue weighted by Gasteiger charge is -2.28. The summed E-state index contributed by atoms with van der Waals surface area (Å²) in [5.74, 6) is -0.220. The Morgan fingerprint density at radius 1 is 1.15 bits per heavy atom. The molecule has 1 saturated heterocycles. The highest BCUT2D eigenvalue weighted by molar-refractivity contribution is 7.91. The number of rotatable bonds is 6. The minimum Gasteiger partial charge on any atom is -0.484 e.